The standard InChI is InChI=1S/C14H16N4S/c1-9-5-4-6-12(11(9)3)17-14(19)18-13-15-8-7-10(2)16-13/h4-8H,1-3H3,(H2,15,16,17,18,19). The molecule has 0 aliphatic heterocycles. The van der Waals surface area contributed by atoms with E-state index in [9.17, 15) is 0 Å². The lowest BCUT2D eigenvalue weighted by Gasteiger charge is -2.12. The molecule has 0 fully saturated rings. The molecule has 1 aromatic heterocycles. The van der Waals surface area contributed by atoms with E-state index in [1.807, 2.05) is 25.1 Å². The molecule has 2 rings (SSSR count). The Kier molecular flexibility index (Phi) is 4.06. The summed E-state index contributed by atoms with van der Waals surface area (Å²) in [4.78, 5) is 8.36. The van der Waals surface area contributed by atoms with Crippen LogP contribution in [-0.4, -0.2) is 15.1 Å². The fraction of sp³-hybridized carbons (Fsp3) is 0.214. The number of nitrogens with one attached hydrogen (secondary N) is 2. The molecule has 0 saturated heterocycles. The molecule has 4 nitrogen and oxygen atoms in total. The first-order chi connectivity index (χ1) is 9.06. The summed E-state index contributed by atoms with van der Waals surface area (Å²) >= 11 is 5.26. The first kappa shape index (κ1) is 13.4. The van der Waals surface area contributed by atoms with Crippen molar-refractivity contribution >= 4 is 29.0 Å². The van der Waals surface area contributed by atoms with Gasteiger partial charge in [0.2, 0.25) is 5.95 Å². The topological polar surface area (TPSA) is 49.8 Å². The molecule has 0 bridgehead atoms. The lowest BCUT2D eigenvalue weighted by Crippen LogP contribution is -2.21. The van der Waals surface area contributed by atoms with Crippen molar-refractivity contribution in [3.8, 4) is 0 Å². The van der Waals surface area contributed by atoms with E-state index in [0.29, 0.717) is 11.1 Å². The molecule has 0 spiro atoms. The Hall–Kier alpha value is -2.01. The number of thiocarbonyl (C=S) groups is 1. The fourth-order valence-electron chi connectivity index (χ4n) is 1.65. The second-order valence-electron chi connectivity index (χ2n) is 4.35. The number of anilines is 2. The van der Waals surface area contributed by atoms with Gasteiger partial charge in [0.05, 0.1) is 0 Å². The highest BCUT2D eigenvalue weighted by Crippen LogP contribution is 2.18. The van der Waals surface area contributed by atoms with Gasteiger partial charge >= 0.3 is 0 Å². The molecule has 1 heterocycles. The highest BCUT2D eigenvalue weighted by molar-refractivity contribution is 7.80. The molecule has 0 aliphatic carbocycles. The number of aryl methyl sites for hydroxylation is 2. The van der Waals surface area contributed by atoms with Gasteiger partial charge in [-0.15, -0.1) is 0 Å². The van der Waals surface area contributed by atoms with Gasteiger partial charge in [0.1, 0.15) is 0 Å². The highest BCUT2D eigenvalue weighted by Gasteiger charge is 2.04. The van der Waals surface area contributed by atoms with Crippen molar-refractivity contribution in [1.29, 1.82) is 0 Å². The molecule has 0 atom stereocenters. The minimum absolute atomic E-state index is 0.485. The van der Waals surface area contributed by atoms with Crippen LogP contribution < -0.4 is 10.6 Å². The Labute approximate surface area is 118 Å². The van der Waals surface area contributed by atoms with E-state index in [1.54, 1.807) is 6.20 Å². The van der Waals surface area contributed by atoms with Crippen LogP contribution in [-0.2, 0) is 0 Å². The van der Waals surface area contributed by atoms with Gasteiger partial charge < -0.3 is 10.6 Å². The Morgan fingerprint density at radius 2 is 1.89 bits per heavy atom. The molecule has 0 amide bonds. The van der Waals surface area contributed by atoms with Gasteiger partial charge in [0, 0.05) is 17.6 Å². The van der Waals surface area contributed by atoms with Crippen LogP contribution in [0.2, 0.25) is 0 Å². The Balaban J connectivity index is 2.08. The van der Waals surface area contributed by atoms with E-state index in [2.05, 4.69) is 40.5 Å². The van der Waals surface area contributed by atoms with E-state index >= 15 is 0 Å². The summed E-state index contributed by atoms with van der Waals surface area (Å²) in [7, 11) is 0. The normalized spacial score (nSPS) is 10.1. The molecule has 5 heteroatoms. The molecule has 98 valence electrons. The summed E-state index contributed by atoms with van der Waals surface area (Å²) < 4.78 is 0. The minimum Gasteiger partial charge on any atom is -0.332 e. The van der Waals surface area contributed by atoms with E-state index in [-0.39, 0.29) is 0 Å². The smallest absolute Gasteiger partial charge is 0.229 e. The Morgan fingerprint density at radius 1 is 1.11 bits per heavy atom. The van der Waals surface area contributed by atoms with Crippen LogP contribution >= 0.6 is 12.2 Å². The zero-order valence-electron chi connectivity index (χ0n) is 11.2. The molecular formula is C14H16N4S. The van der Waals surface area contributed by atoms with Crippen LogP contribution in [0.1, 0.15) is 16.8 Å². The highest BCUT2D eigenvalue weighted by atomic mass is 32.1. The van der Waals surface area contributed by atoms with Gasteiger partial charge in [-0.2, -0.15) is 0 Å². The van der Waals surface area contributed by atoms with Gasteiger partial charge in [-0.1, -0.05) is 12.1 Å². The zero-order valence-corrected chi connectivity index (χ0v) is 12.0. The summed E-state index contributed by atoms with van der Waals surface area (Å²) in [6.07, 6.45) is 1.70. The van der Waals surface area contributed by atoms with E-state index in [4.69, 9.17) is 12.2 Å². The summed E-state index contributed by atoms with van der Waals surface area (Å²) in [5.41, 5.74) is 4.29. The van der Waals surface area contributed by atoms with Crippen LogP contribution in [0.4, 0.5) is 11.6 Å². The number of aromatic nitrogens is 2. The minimum atomic E-state index is 0.485. The summed E-state index contributed by atoms with van der Waals surface area (Å²) in [6, 6.07) is 7.90. The van der Waals surface area contributed by atoms with Crippen molar-refractivity contribution in [2.24, 2.45) is 0 Å². The molecule has 2 aromatic rings. The van der Waals surface area contributed by atoms with Gasteiger partial charge in [-0.05, 0) is 56.2 Å². The summed E-state index contributed by atoms with van der Waals surface area (Å²) in [5, 5.41) is 6.62. The van der Waals surface area contributed by atoms with Gasteiger partial charge in [-0.3, -0.25) is 0 Å². The van der Waals surface area contributed by atoms with Crippen LogP contribution in [0.15, 0.2) is 30.5 Å². The molecule has 0 unspecified atom stereocenters. The lowest BCUT2D eigenvalue weighted by molar-refractivity contribution is 1.11. The molecular weight excluding hydrogens is 256 g/mol. The van der Waals surface area contributed by atoms with E-state index in [0.717, 1.165) is 11.4 Å². The Morgan fingerprint density at radius 3 is 2.63 bits per heavy atom. The van der Waals surface area contributed by atoms with Crippen molar-refractivity contribution in [3.05, 3.63) is 47.3 Å². The number of benzene rings is 1. The molecule has 0 aliphatic rings. The first-order valence-electron chi connectivity index (χ1n) is 6.00. The zero-order chi connectivity index (χ0) is 13.8. The first-order valence-corrected chi connectivity index (χ1v) is 6.41. The summed E-state index contributed by atoms with van der Waals surface area (Å²) in [5.74, 6) is 0.503. The number of hydrogen-bond acceptors (Lipinski definition) is 3. The van der Waals surface area contributed by atoms with Crippen LogP contribution in [0.5, 0.6) is 0 Å². The number of rotatable bonds is 2. The maximum absolute atomic E-state index is 5.26. The van der Waals surface area contributed by atoms with Crippen molar-refractivity contribution in [1.82, 2.24) is 9.97 Å². The molecule has 0 radical (unpaired) electrons. The monoisotopic (exact) mass is 272 g/mol. The van der Waals surface area contributed by atoms with Crippen molar-refractivity contribution < 1.29 is 0 Å². The molecule has 0 saturated carbocycles. The number of hydrogen-bond donors (Lipinski definition) is 2. The van der Waals surface area contributed by atoms with E-state index < -0.39 is 0 Å². The second kappa shape index (κ2) is 5.75. The molecule has 2 N–H and O–H groups in total. The van der Waals surface area contributed by atoms with Gasteiger partial charge in [0.25, 0.3) is 0 Å². The maximum Gasteiger partial charge on any atom is 0.229 e. The third-order valence-electron chi connectivity index (χ3n) is 2.87. The molecule has 19 heavy (non-hydrogen) atoms. The van der Waals surface area contributed by atoms with Gasteiger partial charge in [0.15, 0.2) is 5.11 Å². The maximum atomic E-state index is 5.26. The van der Waals surface area contributed by atoms with E-state index in [1.165, 1.54) is 11.1 Å². The third-order valence-corrected chi connectivity index (χ3v) is 3.08. The van der Waals surface area contributed by atoms with Crippen molar-refractivity contribution in [2.75, 3.05) is 10.6 Å². The average Bonchev–Trinajstić information content (AvgIpc) is 2.35. The average molecular weight is 272 g/mol. The molecule has 1 aromatic carbocycles. The second-order valence-corrected chi connectivity index (χ2v) is 4.76. The number of nitrogens with zero attached hydrogens (tertiary/aromatic N) is 2. The van der Waals surface area contributed by atoms with Crippen LogP contribution in [0, 0.1) is 20.8 Å². The predicted octanol–water partition coefficient (Wildman–Crippen LogP) is 3.21. The third kappa shape index (κ3) is 3.48. The fourth-order valence-corrected chi connectivity index (χ4v) is 1.85. The van der Waals surface area contributed by atoms with Gasteiger partial charge in [-0.25, -0.2) is 9.97 Å². The largest absolute Gasteiger partial charge is 0.332 e. The van der Waals surface area contributed by atoms with Crippen molar-refractivity contribution in [3.63, 3.8) is 0 Å². The summed E-state index contributed by atoms with van der Waals surface area (Å²) in [6.45, 7) is 6.04. The quantitative estimate of drug-likeness (QED) is 0.822. The lowest BCUT2D eigenvalue weighted by atomic mass is 10.1. The van der Waals surface area contributed by atoms with Crippen molar-refractivity contribution in [2.45, 2.75) is 20.8 Å². The van der Waals surface area contributed by atoms with Crippen LogP contribution in [0.3, 0.4) is 0 Å². The predicted molar refractivity (Wildman–Crippen MR) is 82.5 cm³/mol. The SMILES string of the molecule is Cc1ccnc(NC(=S)Nc2cccc(C)c2C)n1. The Bertz CT molecular complexity index is 610. The van der Waals surface area contributed by atoms with Crippen LogP contribution in [0.25, 0.3) is 0 Å².